The number of carboxylic acid groups (broad SMARTS) is 1. The maximum atomic E-state index is 12.1. The number of benzene rings is 1. The van der Waals surface area contributed by atoms with Crippen LogP contribution in [-0.4, -0.2) is 34.5 Å². The fourth-order valence-corrected chi connectivity index (χ4v) is 2.19. The number of hydrogen-bond donors (Lipinski definition) is 1. The first-order valence-electron chi connectivity index (χ1n) is 6.75. The minimum absolute atomic E-state index is 0.0994. The van der Waals surface area contributed by atoms with Crippen molar-refractivity contribution < 1.29 is 14.7 Å². The van der Waals surface area contributed by atoms with Crippen molar-refractivity contribution >= 4 is 18.0 Å². The highest BCUT2D eigenvalue weighted by Crippen LogP contribution is 2.27. The summed E-state index contributed by atoms with van der Waals surface area (Å²) in [5.41, 5.74) is 3.26. The molecule has 2 rings (SSSR count). The number of nitrogens with zero attached hydrogens (tertiary/aromatic N) is 1. The summed E-state index contributed by atoms with van der Waals surface area (Å²) >= 11 is 0. The normalized spacial score (nSPS) is 14.5. The topological polar surface area (TPSA) is 57.6 Å². The number of aliphatic carboxylic acids is 1. The number of rotatable bonds is 5. The van der Waals surface area contributed by atoms with E-state index in [1.807, 2.05) is 26.0 Å². The van der Waals surface area contributed by atoms with Gasteiger partial charge < -0.3 is 10.0 Å². The van der Waals surface area contributed by atoms with Crippen LogP contribution in [0, 0.1) is 13.8 Å². The predicted molar refractivity (Wildman–Crippen MR) is 77.3 cm³/mol. The Hall–Kier alpha value is -2.10. The van der Waals surface area contributed by atoms with Gasteiger partial charge in [0.1, 0.15) is 6.54 Å². The largest absolute Gasteiger partial charge is 0.480 e. The molecule has 0 radical (unpaired) electrons. The molecule has 1 aromatic carbocycles. The maximum Gasteiger partial charge on any atom is 0.323 e. The van der Waals surface area contributed by atoms with Gasteiger partial charge in [-0.1, -0.05) is 23.8 Å². The van der Waals surface area contributed by atoms with Gasteiger partial charge in [-0.05, 0) is 43.9 Å². The van der Waals surface area contributed by atoms with Gasteiger partial charge in [0.25, 0.3) is 0 Å². The highest BCUT2D eigenvalue weighted by atomic mass is 16.4. The fraction of sp³-hybridized carbons (Fsp3) is 0.375. The Bertz CT molecular complexity index is 559. The summed E-state index contributed by atoms with van der Waals surface area (Å²) < 4.78 is 0. The molecule has 0 heterocycles. The number of carboxylic acids is 1. The van der Waals surface area contributed by atoms with Crippen molar-refractivity contribution in [2.45, 2.75) is 32.7 Å². The van der Waals surface area contributed by atoms with Crippen molar-refractivity contribution in [3.63, 3.8) is 0 Å². The van der Waals surface area contributed by atoms with Crippen molar-refractivity contribution in [3.8, 4) is 0 Å². The van der Waals surface area contributed by atoms with E-state index in [2.05, 4.69) is 6.07 Å². The Kier molecular flexibility index (Phi) is 4.23. The van der Waals surface area contributed by atoms with Crippen molar-refractivity contribution in [2.75, 3.05) is 6.54 Å². The molecule has 106 valence electrons. The van der Waals surface area contributed by atoms with Gasteiger partial charge in [0, 0.05) is 12.1 Å². The Morgan fingerprint density at radius 3 is 2.60 bits per heavy atom. The second-order valence-corrected chi connectivity index (χ2v) is 5.28. The average molecular weight is 273 g/mol. The van der Waals surface area contributed by atoms with Gasteiger partial charge in [0.05, 0.1) is 0 Å². The Balaban J connectivity index is 2.08. The summed E-state index contributed by atoms with van der Waals surface area (Å²) in [6.07, 6.45) is 5.03. The third kappa shape index (κ3) is 3.70. The molecule has 1 N–H and O–H groups in total. The SMILES string of the molecule is Cc1ccc(C=CC(=O)N(CC(=O)O)C2CC2)c(C)c1. The summed E-state index contributed by atoms with van der Waals surface area (Å²) in [4.78, 5) is 24.3. The quantitative estimate of drug-likeness (QED) is 0.838. The van der Waals surface area contributed by atoms with E-state index in [1.54, 1.807) is 6.08 Å². The third-order valence-electron chi connectivity index (χ3n) is 3.41. The van der Waals surface area contributed by atoms with Crippen molar-refractivity contribution in [1.29, 1.82) is 0 Å². The summed E-state index contributed by atoms with van der Waals surface area (Å²) in [5.74, 6) is -1.19. The number of carbonyl (C=O) groups excluding carboxylic acids is 1. The minimum atomic E-state index is -0.967. The molecule has 4 heteroatoms. The van der Waals surface area contributed by atoms with Crippen LogP contribution in [0.4, 0.5) is 0 Å². The molecule has 1 fully saturated rings. The van der Waals surface area contributed by atoms with E-state index in [4.69, 9.17) is 5.11 Å². The number of carbonyl (C=O) groups is 2. The highest BCUT2D eigenvalue weighted by molar-refractivity contribution is 5.94. The second-order valence-electron chi connectivity index (χ2n) is 5.28. The Morgan fingerprint density at radius 2 is 2.05 bits per heavy atom. The van der Waals surface area contributed by atoms with Crippen molar-refractivity contribution in [2.24, 2.45) is 0 Å². The smallest absolute Gasteiger partial charge is 0.323 e. The highest BCUT2D eigenvalue weighted by Gasteiger charge is 2.32. The molecule has 0 unspecified atom stereocenters. The maximum absolute atomic E-state index is 12.1. The van der Waals surface area contributed by atoms with E-state index in [0.717, 1.165) is 24.0 Å². The van der Waals surface area contributed by atoms with Crippen LogP contribution in [0.1, 0.15) is 29.5 Å². The van der Waals surface area contributed by atoms with Gasteiger partial charge in [-0.15, -0.1) is 0 Å². The molecule has 1 saturated carbocycles. The molecule has 0 aliphatic heterocycles. The number of aryl methyl sites for hydroxylation is 2. The molecular formula is C16H19NO3. The first-order chi connectivity index (χ1) is 9.47. The van der Waals surface area contributed by atoms with Crippen molar-refractivity contribution in [1.82, 2.24) is 4.90 Å². The lowest BCUT2D eigenvalue weighted by Gasteiger charge is -2.18. The molecule has 0 aromatic heterocycles. The molecular weight excluding hydrogens is 254 g/mol. The van der Waals surface area contributed by atoms with E-state index in [-0.39, 0.29) is 18.5 Å². The summed E-state index contributed by atoms with van der Waals surface area (Å²) in [6, 6.07) is 6.11. The van der Waals surface area contributed by atoms with E-state index in [1.165, 1.54) is 16.5 Å². The monoisotopic (exact) mass is 273 g/mol. The summed E-state index contributed by atoms with van der Waals surface area (Å²) in [7, 11) is 0. The van der Waals surface area contributed by atoms with Crippen LogP contribution in [-0.2, 0) is 9.59 Å². The van der Waals surface area contributed by atoms with E-state index < -0.39 is 5.97 Å². The van der Waals surface area contributed by atoms with Crippen LogP contribution in [0.5, 0.6) is 0 Å². The zero-order chi connectivity index (χ0) is 14.7. The van der Waals surface area contributed by atoms with Crippen molar-refractivity contribution in [3.05, 3.63) is 41.0 Å². The average Bonchev–Trinajstić information content (AvgIpc) is 3.18. The van der Waals surface area contributed by atoms with Gasteiger partial charge in [-0.2, -0.15) is 0 Å². The standard InChI is InChI=1S/C16H19NO3/c1-11-3-4-13(12(2)9-11)5-8-15(18)17(10-16(19)20)14-6-7-14/h3-5,8-9,14H,6-7,10H2,1-2H3,(H,19,20). The summed E-state index contributed by atoms with van der Waals surface area (Å²) in [5, 5.41) is 8.85. The minimum Gasteiger partial charge on any atom is -0.480 e. The molecule has 1 amide bonds. The lowest BCUT2D eigenvalue weighted by molar-refractivity contribution is -0.143. The number of amides is 1. The van der Waals surface area contributed by atoms with Gasteiger partial charge in [0.15, 0.2) is 0 Å². The molecule has 1 aromatic rings. The number of hydrogen-bond acceptors (Lipinski definition) is 2. The molecule has 1 aliphatic rings. The second kappa shape index (κ2) is 5.90. The lowest BCUT2D eigenvalue weighted by atomic mass is 10.1. The van der Waals surface area contributed by atoms with E-state index >= 15 is 0 Å². The Morgan fingerprint density at radius 1 is 1.35 bits per heavy atom. The fourth-order valence-electron chi connectivity index (χ4n) is 2.19. The zero-order valence-electron chi connectivity index (χ0n) is 11.8. The Labute approximate surface area is 118 Å². The molecule has 1 aliphatic carbocycles. The lowest BCUT2D eigenvalue weighted by Crippen LogP contribution is -2.36. The zero-order valence-corrected chi connectivity index (χ0v) is 11.8. The van der Waals surface area contributed by atoms with Gasteiger partial charge >= 0.3 is 5.97 Å². The van der Waals surface area contributed by atoms with Crippen LogP contribution in [0.25, 0.3) is 6.08 Å². The van der Waals surface area contributed by atoms with E-state index in [0.29, 0.717) is 0 Å². The van der Waals surface area contributed by atoms with Gasteiger partial charge in [-0.25, -0.2) is 0 Å². The molecule has 4 nitrogen and oxygen atoms in total. The first kappa shape index (κ1) is 14.3. The summed E-state index contributed by atoms with van der Waals surface area (Å²) in [6.45, 7) is 3.79. The molecule has 0 saturated heterocycles. The van der Waals surface area contributed by atoms with Crippen LogP contribution in [0.2, 0.25) is 0 Å². The van der Waals surface area contributed by atoms with Crippen LogP contribution >= 0.6 is 0 Å². The van der Waals surface area contributed by atoms with Crippen LogP contribution < -0.4 is 0 Å². The van der Waals surface area contributed by atoms with Gasteiger partial charge in [0.2, 0.25) is 5.91 Å². The van der Waals surface area contributed by atoms with Gasteiger partial charge in [-0.3, -0.25) is 9.59 Å². The van der Waals surface area contributed by atoms with Crippen LogP contribution in [0.15, 0.2) is 24.3 Å². The molecule has 0 bridgehead atoms. The van der Waals surface area contributed by atoms with Crippen LogP contribution in [0.3, 0.4) is 0 Å². The predicted octanol–water partition coefficient (Wildman–Crippen LogP) is 2.39. The molecule has 20 heavy (non-hydrogen) atoms. The third-order valence-corrected chi connectivity index (χ3v) is 3.41. The molecule has 0 spiro atoms. The first-order valence-corrected chi connectivity index (χ1v) is 6.75. The van der Waals surface area contributed by atoms with E-state index in [9.17, 15) is 9.59 Å². The molecule has 0 atom stereocenters.